The number of carbonyl (C=O) groups excluding carboxylic acids is 1. The zero-order chi connectivity index (χ0) is 12.4. The Hall–Kier alpha value is -0.870. The molecule has 3 rings (SSSR count). The Morgan fingerprint density at radius 3 is 2.67 bits per heavy atom. The number of fused-ring (bicyclic) bond motifs is 1. The van der Waals surface area contributed by atoms with Crippen LogP contribution in [0.5, 0.6) is 0 Å². The van der Waals surface area contributed by atoms with Crippen LogP contribution in [0, 0.1) is 11.8 Å². The van der Waals surface area contributed by atoms with Crippen molar-refractivity contribution in [2.45, 2.75) is 19.3 Å². The monoisotopic (exact) mass is 264 g/mol. The van der Waals surface area contributed by atoms with Crippen LogP contribution < -0.4 is 5.32 Å². The summed E-state index contributed by atoms with van der Waals surface area (Å²) in [5.41, 5.74) is 0. The molecule has 2 fully saturated rings. The average Bonchev–Trinajstić information content (AvgIpc) is 2.98. The minimum atomic E-state index is 0.311. The Balaban J connectivity index is 1.58. The zero-order valence-corrected chi connectivity index (χ0v) is 11.4. The van der Waals surface area contributed by atoms with E-state index >= 15 is 0 Å². The summed E-state index contributed by atoms with van der Waals surface area (Å²) in [5.74, 6) is 1.90. The second kappa shape index (κ2) is 5.41. The number of hydrogen-bond donors (Lipinski definition) is 1. The van der Waals surface area contributed by atoms with Gasteiger partial charge in [-0.05, 0) is 49.2 Å². The van der Waals surface area contributed by atoms with Gasteiger partial charge in [0.2, 0.25) is 5.91 Å². The van der Waals surface area contributed by atoms with Gasteiger partial charge >= 0.3 is 0 Å². The van der Waals surface area contributed by atoms with Crippen molar-refractivity contribution in [2.24, 2.45) is 11.8 Å². The molecule has 3 heterocycles. The van der Waals surface area contributed by atoms with Gasteiger partial charge < -0.3 is 10.2 Å². The summed E-state index contributed by atoms with van der Waals surface area (Å²) in [7, 11) is 0. The Morgan fingerprint density at radius 2 is 2.06 bits per heavy atom. The summed E-state index contributed by atoms with van der Waals surface area (Å²) in [5, 5.41) is 5.51. The molecule has 2 saturated heterocycles. The molecule has 0 unspecified atom stereocenters. The number of thiophene rings is 1. The lowest BCUT2D eigenvalue weighted by atomic mass is 9.92. The summed E-state index contributed by atoms with van der Waals surface area (Å²) in [6, 6.07) is 4.07. The molecule has 1 N–H and O–H groups in total. The number of likely N-dealkylation sites (tertiary alicyclic amines) is 1. The molecule has 0 saturated carbocycles. The quantitative estimate of drug-likeness (QED) is 0.882. The Kier molecular flexibility index (Phi) is 3.66. The summed E-state index contributed by atoms with van der Waals surface area (Å²) in [6.45, 7) is 4.20. The van der Waals surface area contributed by atoms with Gasteiger partial charge in [-0.1, -0.05) is 6.07 Å². The third-order valence-corrected chi connectivity index (χ3v) is 5.15. The highest BCUT2D eigenvalue weighted by Gasteiger charge is 2.31. The van der Waals surface area contributed by atoms with E-state index in [0.29, 0.717) is 12.3 Å². The van der Waals surface area contributed by atoms with Gasteiger partial charge in [-0.25, -0.2) is 0 Å². The SMILES string of the molecule is O=C(Cc1cccs1)N1CC[C@@H]2CNC[C@@H]2CC1. The van der Waals surface area contributed by atoms with E-state index in [1.807, 2.05) is 11.4 Å². The van der Waals surface area contributed by atoms with E-state index in [4.69, 9.17) is 0 Å². The first-order chi connectivity index (χ1) is 8.83. The van der Waals surface area contributed by atoms with Crippen LogP contribution in [-0.2, 0) is 11.2 Å². The molecule has 2 atom stereocenters. The molecule has 0 spiro atoms. The van der Waals surface area contributed by atoms with E-state index in [2.05, 4.69) is 16.3 Å². The maximum absolute atomic E-state index is 12.3. The van der Waals surface area contributed by atoms with Gasteiger partial charge in [0.05, 0.1) is 6.42 Å². The number of carbonyl (C=O) groups is 1. The minimum absolute atomic E-state index is 0.311. The third-order valence-electron chi connectivity index (χ3n) is 4.28. The van der Waals surface area contributed by atoms with Crippen molar-refractivity contribution < 1.29 is 4.79 Å². The second-order valence-electron chi connectivity index (χ2n) is 5.39. The van der Waals surface area contributed by atoms with Crippen molar-refractivity contribution in [3.63, 3.8) is 0 Å². The number of rotatable bonds is 2. The summed E-state index contributed by atoms with van der Waals surface area (Å²) in [4.78, 5) is 15.5. The normalized spacial score (nSPS) is 27.9. The van der Waals surface area contributed by atoms with Gasteiger partial charge in [0.15, 0.2) is 0 Å². The molecule has 2 aliphatic heterocycles. The van der Waals surface area contributed by atoms with Crippen molar-refractivity contribution in [1.82, 2.24) is 10.2 Å². The van der Waals surface area contributed by atoms with Crippen LogP contribution in [0.1, 0.15) is 17.7 Å². The first-order valence-electron chi connectivity index (χ1n) is 6.84. The molecule has 3 nitrogen and oxygen atoms in total. The van der Waals surface area contributed by atoms with Crippen LogP contribution in [0.15, 0.2) is 17.5 Å². The molecule has 18 heavy (non-hydrogen) atoms. The standard InChI is InChI=1S/C14H20N2OS/c17-14(8-13-2-1-7-18-13)16-5-3-11-9-15-10-12(11)4-6-16/h1-2,7,11-12,15H,3-6,8-10H2/t11-,12+. The predicted octanol–water partition coefficient (Wildman–Crippen LogP) is 1.75. The molecule has 1 aromatic rings. The van der Waals surface area contributed by atoms with Crippen molar-refractivity contribution in [3.05, 3.63) is 22.4 Å². The molecule has 0 bridgehead atoms. The lowest BCUT2D eigenvalue weighted by molar-refractivity contribution is -0.130. The molecule has 4 heteroatoms. The van der Waals surface area contributed by atoms with Gasteiger partial charge in [0, 0.05) is 18.0 Å². The van der Waals surface area contributed by atoms with Crippen molar-refractivity contribution in [1.29, 1.82) is 0 Å². The van der Waals surface area contributed by atoms with Crippen molar-refractivity contribution in [2.75, 3.05) is 26.2 Å². The van der Waals surface area contributed by atoms with Crippen LogP contribution in [0.2, 0.25) is 0 Å². The Morgan fingerprint density at radius 1 is 1.33 bits per heavy atom. The summed E-state index contributed by atoms with van der Waals surface area (Å²) < 4.78 is 0. The van der Waals surface area contributed by atoms with Gasteiger partial charge in [-0.15, -0.1) is 11.3 Å². The summed E-state index contributed by atoms with van der Waals surface area (Å²) >= 11 is 1.68. The molecule has 0 radical (unpaired) electrons. The lowest BCUT2D eigenvalue weighted by Gasteiger charge is -2.20. The zero-order valence-electron chi connectivity index (χ0n) is 10.6. The minimum Gasteiger partial charge on any atom is -0.342 e. The third kappa shape index (κ3) is 2.59. The highest BCUT2D eigenvalue weighted by Crippen LogP contribution is 2.27. The van der Waals surface area contributed by atoms with Crippen LogP contribution in [0.4, 0.5) is 0 Å². The largest absolute Gasteiger partial charge is 0.342 e. The van der Waals surface area contributed by atoms with Crippen molar-refractivity contribution in [3.8, 4) is 0 Å². The molecule has 1 amide bonds. The predicted molar refractivity (Wildman–Crippen MR) is 73.7 cm³/mol. The summed E-state index contributed by atoms with van der Waals surface area (Å²) in [6.07, 6.45) is 2.94. The number of nitrogens with zero attached hydrogens (tertiary/aromatic N) is 1. The number of hydrogen-bond acceptors (Lipinski definition) is 3. The number of nitrogens with one attached hydrogen (secondary N) is 1. The fourth-order valence-electron chi connectivity index (χ4n) is 3.14. The molecule has 1 aromatic heterocycles. The first-order valence-corrected chi connectivity index (χ1v) is 7.72. The fourth-order valence-corrected chi connectivity index (χ4v) is 3.84. The van der Waals surface area contributed by atoms with Crippen LogP contribution in [-0.4, -0.2) is 37.0 Å². The molecular formula is C14H20N2OS. The Labute approximate surface area is 112 Å². The van der Waals surface area contributed by atoms with E-state index in [1.54, 1.807) is 11.3 Å². The van der Waals surface area contributed by atoms with E-state index in [1.165, 1.54) is 17.7 Å². The average molecular weight is 264 g/mol. The van der Waals surface area contributed by atoms with Gasteiger partial charge in [-0.3, -0.25) is 4.79 Å². The number of amides is 1. The molecule has 0 aromatic carbocycles. The molecule has 98 valence electrons. The van der Waals surface area contributed by atoms with Gasteiger partial charge in [0.25, 0.3) is 0 Å². The first kappa shape index (κ1) is 12.2. The topological polar surface area (TPSA) is 32.3 Å². The van der Waals surface area contributed by atoms with Crippen LogP contribution >= 0.6 is 11.3 Å². The van der Waals surface area contributed by atoms with Crippen LogP contribution in [0.3, 0.4) is 0 Å². The molecule has 0 aliphatic carbocycles. The van der Waals surface area contributed by atoms with E-state index in [0.717, 1.165) is 38.0 Å². The van der Waals surface area contributed by atoms with E-state index in [9.17, 15) is 4.79 Å². The van der Waals surface area contributed by atoms with E-state index < -0.39 is 0 Å². The Bertz CT molecular complexity index is 390. The van der Waals surface area contributed by atoms with Gasteiger partial charge in [0.1, 0.15) is 0 Å². The highest BCUT2D eigenvalue weighted by molar-refractivity contribution is 7.10. The van der Waals surface area contributed by atoms with E-state index in [-0.39, 0.29) is 0 Å². The molecular weight excluding hydrogens is 244 g/mol. The van der Waals surface area contributed by atoms with Crippen LogP contribution in [0.25, 0.3) is 0 Å². The highest BCUT2D eigenvalue weighted by atomic mass is 32.1. The fraction of sp³-hybridized carbons (Fsp3) is 0.643. The lowest BCUT2D eigenvalue weighted by Crippen LogP contribution is -2.33. The second-order valence-corrected chi connectivity index (χ2v) is 6.42. The maximum atomic E-state index is 12.3. The van der Waals surface area contributed by atoms with Crippen molar-refractivity contribution >= 4 is 17.2 Å². The smallest absolute Gasteiger partial charge is 0.227 e. The molecule has 2 aliphatic rings. The maximum Gasteiger partial charge on any atom is 0.227 e. The van der Waals surface area contributed by atoms with Gasteiger partial charge in [-0.2, -0.15) is 0 Å².